The van der Waals surface area contributed by atoms with Gasteiger partial charge in [0, 0.05) is 37.0 Å². The van der Waals surface area contributed by atoms with Crippen molar-refractivity contribution in [2.24, 2.45) is 0 Å². The number of carbonyl (C=O) groups excluding carboxylic acids is 1. The molecular weight excluding hydrogens is 532 g/mol. The predicted molar refractivity (Wildman–Crippen MR) is 150 cm³/mol. The molecule has 1 fully saturated rings. The van der Waals surface area contributed by atoms with Crippen molar-refractivity contribution in [3.63, 3.8) is 0 Å². The summed E-state index contributed by atoms with van der Waals surface area (Å²) in [7, 11) is -2.38. The van der Waals surface area contributed by atoms with Crippen LogP contribution in [0.1, 0.15) is 49.1 Å². The summed E-state index contributed by atoms with van der Waals surface area (Å²) < 4.78 is 44.6. The van der Waals surface area contributed by atoms with Crippen molar-refractivity contribution in [3.05, 3.63) is 71.5 Å². The molecule has 10 heteroatoms. The third-order valence-corrected chi connectivity index (χ3v) is 9.08. The van der Waals surface area contributed by atoms with Gasteiger partial charge in [0.25, 0.3) is 5.91 Å². The van der Waals surface area contributed by atoms with E-state index in [4.69, 9.17) is 20.6 Å². The summed E-state index contributed by atoms with van der Waals surface area (Å²) in [6, 6.07) is 13.7. The number of terminal acetylenes is 1. The van der Waals surface area contributed by atoms with Crippen molar-refractivity contribution in [2.45, 2.75) is 55.2 Å². The number of benzene rings is 2. The summed E-state index contributed by atoms with van der Waals surface area (Å²) in [4.78, 5) is 13.2. The maximum atomic E-state index is 13.2. The number of allylic oxidation sites excluding steroid dienone is 1. The highest BCUT2D eigenvalue weighted by Crippen LogP contribution is 2.32. The van der Waals surface area contributed by atoms with Crippen LogP contribution in [0.2, 0.25) is 0 Å². The van der Waals surface area contributed by atoms with Crippen molar-refractivity contribution in [1.29, 1.82) is 0 Å². The molecule has 2 aliphatic rings. The van der Waals surface area contributed by atoms with Crippen molar-refractivity contribution < 1.29 is 32.5 Å². The fourth-order valence-electron chi connectivity index (χ4n) is 4.95. The molecule has 0 bridgehead atoms. The van der Waals surface area contributed by atoms with Crippen LogP contribution in [0.5, 0.6) is 5.75 Å². The van der Waals surface area contributed by atoms with Crippen LogP contribution in [-0.4, -0.2) is 69.5 Å². The average Bonchev–Trinajstić information content (AvgIpc) is 3.49. The Morgan fingerprint density at radius 2 is 1.82 bits per heavy atom. The molecule has 0 spiro atoms. The molecule has 4 rings (SSSR count). The fraction of sp³-hybridized carbons (Fsp3) is 0.433. The Bertz CT molecular complexity index is 1310. The lowest BCUT2D eigenvalue weighted by atomic mass is 9.92. The number of hydrogen-bond acceptors (Lipinski definition) is 7. The minimum absolute atomic E-state index is 0.000324. The molecule has 1 heterocycles. The molecule has 1 aliphatic carbocycles. The first-order valence-electron chi connectivity index (χ1n) is 13.5. The van der Waals surface area contributed by atoms with E-state index in [0.717, 1.165) is 41.1 Å². The van der Waals surface area contributed by atoms with Gasteiger partial charge < -0.3 is 24.6 Å². The number of nitrogens with zero attached hydrogens (tertiary/aromatic N) is 1. The van der Waals surface area contributed by atoms with Gasteiger partial charge in [0.2, 0.25) is 16.3 Å². The van der Waals surface area contributed by atoms with E-state index < -0.39 is 16.3 Å². The third kappa shape index (κ3) is 7.43. The molecule has 1 saturated carbocycles. The van der Waals surface area contributed by atoms with Gasteiger partial charge in [0.05, 0.1) is 25.2 Å². The second-order valence-electron chi connectivity index (χ2n) is 9.82. The molecule has 9 nitrogen and oxygen atoms in total. The number of aliphatic hydroxyl groups is 1. The Morgan fingerprint density at radius 3 is 2.45 bits per heavy atom. The van der Waals surface area contributed by atoms with Crippen LogP contribution in [0.3, 0.4) is 0 Å². The zero-order chi connectivity index (χ0) is 28.5. The van der Waals surface area contributed by atoms with Gasteiger partial charge in [-0.25, -0.2) is 8.42 Å². The van der Waals surface area contributed by atoms with Crippen LogP contribution in [0.15, 0.2) is 65.3 Å². The van der Waals surface area contributed by atoms with Crippen molar-refractivity contribution >= 4 is 15.9 Å². The maximum absolute atomic E-state index is 13.2. The van der Waals surface area contributed by atoms with E-state index in [1.807, 2.05) is 24.3 Å². The van der Waals surface area contributed by atoms with Crippen LogP contribution in [-0.2, 0) is 24.3 Å². The van der Waals surface area contributed by atoms with E-state index in [1.54, 1.807) is 18.2 Å². The predicted octanol–water partition coefficient (Wildman–Crippen LogP) is 3.15. The van der Waals surface area contributed by atoms with E-state index in [-0.39, 0.29) is 54.8 Å². The van der Waals surface area contributed by atoms with E-state index >= 15 is 0 Å². The molecular formula is C30H36N2O7S. The first-order chi connectivity index (χ1) is 19.3. The van der Waals surface area contributed by atoms with E-state index in [0.29, 0.717) is 12.2 Å². The van der Waals surface area contributed by atoms with Crippen molar-refractivity contribution in [3.8, 4) is 18.1 Å². The molecule has 0 aromatic heterocycles. The van der Waals surface area contributed by atoms with Crippen molar-refractivity contribution in [2.75, 3.05) is 33.4 Å². The van der Waals surface area contributed by atoms with Crippen LogP contribution in [0, 0.1) is 12.3 Å². The number of aliphatic hydroxyl groups excluding tert-OH is 1. The zero-order valence-electron chi connectivity index (χ0n) is 22.6. The second kappa shape index (κ2) is 13.8. The Kier molecular flexibility index (Phi) is 10.2. The third-order valence-electron chi connectivity index (χ3n) is 7.17. The Labute approximate surface area is 236 Å². The number of nitrogens with one attached hydrogen (secondary N) is 1. The summed E-state index contributed by atoms with van der Waals surface area (Å²) in [6.07, 6.45) is 11.0. The molecule has 214 valence electrons. The first kappa shape index (κ1) is 29.6. The molecule has 0 unspecified atom stereocenters. The second-order valence-corrected chi connectivity index (χ2v) is 11.8. The molecule has 0 saturated heterocycles. The van der Waals surface area contributed by atoms with Crippen molar-refractivity contribution in [1.82, 2.24) is 9.62 Å². The Morgan fingerprint density at radius 1 is 1.12 bits per heavy atom. The number of hydrogen-bond donors (Lipinski definition) is 2. The SMILES string of the molecule is C#Cc1ccc([C@H]2C=C(C(=O)NC3CCCC3)O[C@@H](OCCN(CCO)S(=O)(=O)c3ccc(OC)cc3)C2)cc1. The number of methoxy groups -OCH3 is 1. The quantitative estimate of drug-likeness (QED) is 0.378. The smallest absolute Gasteiger partial charge is 0.286 e. The molecule has 40 heavy (non-hydrogen) atoms. The summed E-state index contributed by atoms with van der Waals surface area (Å²) in [5.41, 5.74) is 1.72. The highest BCUT2D eigenvalue weighted by Gasteiger charge is 2.31. The summed E-state index contributed by atoms with van der Waals surface area (Å²) >= 11 is 0. The van der Waals surface area contributed by atoms with Crippen LogP contribution in [0.4, 0.5) is 0 Å². The topological polar surface area (TPSA) is 114 Å². The minimum atomic E-state index is -3.88. The number of amides is 1. The Hall–Kier alpha value is -3.36. The van der Waals surface area contributed by atoms with Crippen LogP contribution < -0.4 is 10.1 Å². The molecule has 1 amide bonds. The molecule has 2 atom stereocenters. The van der Waals surface area contributed by atoms with E-state index in [2.05, 4.69) is 11.2 Å². The number of ether oxygens (including phenoxy) is 3. The van der Waals surface area contributed by atoms with Gasteiger partial charge in [-0.05, 0) is 60.9 Å². The Balaban J connectivity index is 1.45. The maximum Gasteiger partial charge on any atom is 0.286 e. The van der Waals surface area contributed by atoms with Crippen LogP contribution in [0.25, 0.3) is 0 Å². The number of rotatable bonds is 12. The van der Waals surface area contributed by atoms with Gasteiger partial charge in [-0.1, -0.05) is 30.9 Å². The molecule has 2 N–H and O–H groups in total. The molecule has 2 aromatic carbocycles. The molecule has 0 radical (unpaired) electrons. The van der Waals surface area contributed by atoms with Gasteiger partial charge in [-0.2, -0.15) is 4.31 Å². The standard InChI is InChI=1S/C30H36N2O7S/c1-3-22-8-10-23(11-9-22)24-20-28(30(34)31-25-6-4-5-7-25)39-29(21-24)38-19-17-32(16-18-33)40(35,36)27-14-12-26(37-2)13-15-27/h1,8-15,20,24-25,29,33H,4-7,16-19,21H2,2H3,(H,31,34)/t24-,29+/m0/s1. The lowest BCUT2D eigenvalue weighted by molar-refractivity contribution is -0.146. The monoisotopic (exact) mass is 568 g/mol. The number of sulfonamides is 1. The van der Waals surface area contributed by atoms with Gasteiger partial charge in [0.1, 0.15) is 5.75 Å². The summed E-state index contributed by atoms with van der Waals surface area (Å²) in [6.45, 7) is -0.453. The van der Waals surface area contributed by atoms with Gasteiger partial charge in [0.15, 0.2) is 5.76 Å². The van der Waals surface area contributed by atoms with Gasteiger partial charge in [-0.3, -0.25) is 4.79 Å². The summed E-state index contributed by atoms with van der Waals surface area (Å²) in [5, 5.41) is 12.6. The van der Waals surface area contributed by atoms with E-state index in [9.17, 15) is 18.3 Å². The molecule has 2 aromatic rings. The average molecular weight is 569 g/mol. The largest absolute Gasteiger partial charge is 0.497 e. The minimum Gasteiger partial charge on any atom is -0.497 e. The van der Waals surface area contributed by atoms with Gasteiger partial charge >= 0.3 is 0 Å². The summed E-state index contributed by atoms with van der Waals surface area (Å²) in [5.74, 6) is 2.89. The highest BCUT2D eigenvalue weighted by molar-refractivity contribution is 7.89. The first-order valence-corrected chi connectivity index (χ1v) is 14.9. The fourth-order valence-corrected chi connectivity index (χ4v) is 6.37. The normalized spacial score (nSPS) is 19.5. The van der Waals surface area contributed by atoms with E-state index in [1.165, 1.54) is 19.2 Å². The lowest BCUT2D eigenvalue weighted by Gasteiger charge is -2.30. The van der Waals surface area contributed by atoms with Crippen LogP contribution >= 0.6 is 0 Å². The highest BCUT2D eigenvalue weighted by atomic mass is 32.2. The molecule has 1 aliphatic heterocycles. The zero-order valence-corrected chi connectivity index (χ0v) is 23.4. The lowest BCUT2D eigenvalue weighted by Crippen LogP contribution is -2.39. The number of carbonyl (C=O) groups is 1. The van der Waals surface area contributed by atoms with Gasteiger partial charge in [-0.15, -0.1) is 6.42 Å².